The molecule has 2 rings (SSSR count). The van der Waals surface area contributed by atoms with Crippen molar-refractivity contribution in [2.75, 3.05) is 17.2 Å². The molecule has 28 heavy (non-hydrogen) atoms. The zero-order valence-corrected chi connectivity index (χ0v) is 18.9. The average molecular weight is 466 g/mol. The van der Waals surface area contributed by atoms with Gasteiger partial charge in [0.15, 0.2) is 0 Å². The third kappa shape index (κ3) is 5.90. The smallest absolute Gasteiger partial charge is 0.262 e. The molecule has 0 aliphatic rings. The van der Waals surface area contributed by atoms with Crippen LogP contribution in [0.5, 0.6) is 0 Å². The van der Waals surface area contributed by atoms with Gasteiger partial charge in [0, 0.05) is 15.6 Å². The summed E-state index contributed by atoms with van der Waals surface area (Å²) < 4.78 is 0.929. The normalized spacial score (nSPS) is 11.1. The van der Waals surface area contributed by atoms with Crippen molar-refractivity contribution in [3.05, 3.63) is 44.7 Å². The number of hydrogen-bond donors (Lipinski definition) is 3. The maximum absolute atomic E-state index is 12.4. The van der Waals surface area contributed by atoms with Crippen molar-refractivity contribution in [2.45, 2.75) is 34.6 Å². The summed E-state index contributed by atoms with van der Waals surface area (Å²) in [4.78, 5) is 37.1. The molecule has 0 bridgehead atoms. The average Bonchev–Trinajstić information content (AvgIpc) is 2.95. The Labute approximate surface area is 177 Å². The van der Waals surface area contributed by atoms with Gasteiger partial charge in [-0.15, -0.1) is 11.3 Å². The van der Waals surface area contributed by atoms with Crippen LogP contribution in [0.25, 0.3) is 0 Å². The summed E-state index contributed by atoms with van der Waals surface area (Å²) in [7, 11) is 0. The Kier molecular flexibility index (Phi) is 7.01. The van der Waals surface area contributed by atoms with E-state index in [0.717, 1.165) is 15.6 Å². The molecule has 2 aromatic rings. The van der Waals surface area contributed by atoms with Gasteiger partial charge in [0.2, 0.25) is 11.8 Å². The van der Waals surface area contributed by atoms with Crippen LogP contribution in [-0.4, -0.2) is 24.3 Å². The number of hydrogen-bond acceptors (Lipinski definition) is 4. The Hall–Kier alpha value is -2.19. The highest BCUT2D eigenvalue weighted by molar-refractivity contribution is 9.10. The number of amides is 3. The predicted octanol–water partition coefficient (Wildman–Crippen LogP) is 4.48. The van der Waals surface area contributed by atoms with Crippen LogP contribution in [0.3, 0.4) is 0 Å². The van der Waals surface area contributed by atoms with Crippen LogP contribution < -0.4 is 16.0 Å². The van der Waals surface area contributed by atoms with E-state index in [2.05, 4.69) is 31.9 Å². The maximum Gasteiger partial charge on any atom is 0.262 e. The minimum Gasteiger partial charge on any atom is -0.342 e. The number of halogens is 1. The van der Waals surface area contributed by atoms with Crippen molar-refractivity contribution in [1.82, 2.24) is 5.32 Å². The molecule has 0 saturated heterocycles. The van der Waals surface area contributed by atoms with Crippen LogP contribution in [0.1, 0.15) is 41.6 Å². The number of rotatable bonds is 5. The molecule has 0 saturated carbocycles. The third-order valence-electron chi connectivity index (χ3n) is 3.91. The number of carbonyl (C=O) groups excluding carboxylic acids is 3. The Morgan fingerprint density at radius 1 is 1.04 bits per heavy atom. The first-order valence-corrected chi connectivity index (χ1v) is 10.3. The van der Waals surface area contributed by atoms with Crippen molar-refractivity contribution >= 4 is 55.7 Å². The molecule has 3 amide bonds. The first-order valence-electron chi connectivity index (χ1n) is 8.73. The summed E-state index contributed by atoms with van der Waals surface area (Å²) >= 11 is 4.57. The quantitative estimate of drug-likeness (QED) is 0.607. The Balaban J connectivity index is 1.95. The summed E-state index contributed by atoms with van der Waals surface area (Å²) in [5.41, 5.74) is 1.84. The second-order valence-corrected chi connectivity index (χ2v) is 9.48. The predicted molar refractivity (Wildman–Crippen MR) is 117 cm³/mol. The molecule has 3 N–H and O–H groups in total. The van der Waals surface area contributed by atoms with Gasteiger partial charge in [-0.2, -0.15) is 0 Å². The molecule has 150 valence electrons. The van der Waals surface area contributed by atoms with Gasteiger partial charge < -0.3 is 16.0 Å². The van der Waals surface area contributed by atoms with E-state index >= 15 is 0 Å². The first kappa shape index (κ1) is 22.1. The molecule has 0 atom stereocenters. The van der Waals surface area contributed by atoms with Crippen molar-refractivity contribution in [3.8, 4) is 0 Å². The van der Waals surface area contributed by atoms with Crippen LogP contribution in [0.15, 0.2) is 28.7 Å². The number of thiophene rings is 1. The molecule has 0 aliphatic carbocycles. The van der Waals surface area contributed by atoms with Crippen LogP contribution in [0.2, 0.25) is 0 Å². The highest BCUT2D eigenvalue weighted by Gasteiger charge is 2.23. The van der Waals surface area contributed by atoms with Gasteiger partial charge in [-0.3, -0.25) is 14.4 Å². The first-order chi connectivity index (χ1) is 13.0. The Bertz CT molecular complexity index is 916. The zero-order valence-electron chi connectivity index (χ0n) is 16.5. The topological polar surface area (TPSA) is 87.3 Å². The minimum absolute atomic E-state index is 0.120. The SMILES string of the molecule is Cc1cc(Br)ccc1NC(=O)CNC(=O)c1sc(NC(=O)C(C)(C)C)cc1C. The van der Waals surface area contributed by atoms with E-state index < -0.39 is 5.41 Å². The van der Waals surface area contributed by atoms with Crippen molar-refractivity contribution in [3.63, 3.8) is 0 Å². The molecule has 6 nitrogen and oxygen atoms in total. The molecule has 8 heteroatoms. The summed E-state index contributed by atoms with van der Waals surface area (Å²) in [6.07, 6.45) is 0. The number of carbonyl (C=O) groups is 3. The molecule has 1 aromatic heterocycles. The van der Waals surface area contributed by atoms with E-state index in [1.165, 1.54) is 11.3 Å². The lowest BCUT2D eigenvalue weighted by Crippen LogP contribution is -2.32. The minimum atomic E-state index is -0.524. The summed E-state index contributed by atoms with van der Waals surface area (Å²) in [5, 5.41) is 8.84. The van der Waals surface area contributed by atoms with Gasteiger partial charge in [0.1, 0.15) is 0 Å². The van der Waals surface area contributed by atoms with Gasteiger partial charge in [-0.1, -0.05) is 36.7 Å². The zero-order chi connectivity index (χ0) is 21.1. The molecule has 1 aromatic carbocycles. The van der Waals surface area contributed by atoms with Crippen molar-refractivity contribution < 1.29 is 14.4 Å². The Morgan fingerprint density at radius 2 is 1.71 bits per heavy atom. The van der Waals surface area contributed by atoms with Crippen molar-refractivity contribution in [2.24, 2.45) is 5.41 Å². The van der Waals surface area contributed by atoms with E-state index in [1.807, 2.05) is 39.8 Å². The molecule has 0 radical (unpaired) electrons. The third-order valence-corrected chi connectivity index (χ3v) is 5.56. The summed E-state index contributed by atoms with van der Waals surface area (Å²) in [5.74, 6) is -0.777. The van der Waals surface area contributed by atoms with Gasteiger partial charge >= 0.3 is 0 Å². The second-order valence-electron chi connectivity index (χ2n) is 7.52. The monoisotopic (exact) mass is 465 g/mol. The molecule has 0 aliphatic heterocycles. The van der Waals surface area contributed by atoms with E-state index in [-0.39, 0.29) is 24.3 Å². The second kappa shape index (κ2) is 8.87. The van der Waals surface area contributed by atoms with Gasteiger partial charge in [0.25, 0.3) is 5.91 Å². The van der Waals surface area contributed by atoms with Gasteiger partial charge in [-0.05, 0) is 49.2 Å². The van der Waals surface area contributed by atoms with Crippen LogP contribution in [-0.2, 0) is 9.59 Å². The van der Waals surface area contributed by atoms with E-state index in [0.29, 0.717) is 15.6 Å². The van der Waals surface area contributed by atoms with E-state index in [9.17, 15) is 14.4 Å². The largest absolute Gasteiger partial charge is 0.342 e. The van der Waals surface area contributed by atoms with Gasteiger partial charge in [-0.25, -0.2) is 0 Å². The lowest BCUT2D eigenvalue weighted by molar-refractivity contribution is -0.123. The number of benzene rings is 1. The Morgan fingerprint density at radius 3 is 2.32 bits per heavy atom. The standard InChI is InChI=1S/C20H24BrN3O3S/c1-11-8-13(21)6-7-14(11)23-15(25)10-22-18(26)17-12(2)9-16(28-17)24-19(27)20(3,4)5/h6-9H,10H2,1-5H3,(H,22,26)(H,23,25)(H,24,27). The summed E-state index contributed by atoms with van der Waals surface area (Å²) in [6, 6.07) is 7.29. The lowest BCUT2D eigenvalue weighted by Gasteiger charge is -2.16. The maximum atomic E-state index is 12.4. The lowest BCUT2D eigenvalue weighted by atomic mass is 9.96. The number of aryl methyl sites for hydroxylation is 2. The molecule has 0 unspecified atom stereocenters. The molecule has 1 heterocycles. The van der Waals surface area contributed by atoms with E-state index in [4.69, 9.17) is 0 Å². The fraction of sp³-hybridized carbons (Fsp3) is 0.350. The van der Waals surface area contributed by atoms with Crippen LogP contribution >= 0.6 is 27.3 Å². The number of anilines is 2. The van der Waals surface area contributed by atoms with Gasteiger partial charge in [0.05, 0.1) is 16.4 Å². The number of nitrogens with one attached hydrogen (secondary N) is 3. The fourth-order valence-corrected chi connectivity index (χ4v) is 3.73. The fourth-order valence-electron chi connectivity index (χ4n) is 2.27. The highest BCUT2D eigenvalue weighted by Crippen LogP contribution is 2.28. The van der Waals surface area contributed by atoms with Crippen LogP contribution in [0.4, 0.5) is 10.7 Å². The highest BCUT2D eigenvalue weighted by atomic mass is 79.9. The molecule has 0 fully saturated rings. The molecular weight excluding hydrogens is 442 g/mol. The molecular formula is C20H24BrN3O3S. The molecule has 0 spiro atoms. The van der Waals surface area contributed by atoms with Crippen LogP contribution in [0, 0.1) is 19.3 Å². The summed E-state index contributed by atoms with van der Waals surface area (Å²) in [6.45, 7) is 9.01. The van der Waals surface area contributed by atoms with Crippen molar-refractivity contribution in [1.29, 1.82) is 0 Å². The van der Waals surface area contributed by atoms with E-state index in [1.54, 1.807) is 19.1 Å².